The zero-order chi connectivity index (χ0) is 43.6. The summed E-state index contributed by atoms with van der Waals surface area (Å²) in [7, 11) is -6.24. The minimum Gasteiger partial charge on any atom is -0.309 e. The molecule has 0 aliphatic heterocycles. The van der Waals surface area contributed by atoms with Gasteiger partial charge in [0.15, 0.2) is 14.3 Å². The monoisotopic (exact) mass is 868 g/mol. The van der Waals surface area contributed by atoms with E-state index in [1.54, 1.807) is 0 Å². The van der Waals surface area contributed by atoms with Gasteiger partial charge in [0.05, 0.1) is 5.41 Å². The van der Waals surface area contributed by atoms with Gasteiger partial charge in [0, 0.05) is 31.8 Å². The zero-order valence-corrected chi connectivity index (χ0v) is 37.2. The smallest absolute Gasteiger partial charge is 0.171 e. The van der Waals surface area contributed by atoms with E-state index in [1.807, 2.05) is 121 Å². The molecule has 0 amide bonds. The van der Waals surface area contributed by atoms with Crippen LogP contribution in [0.3, 0.4) is 0 Å². The lowest BCUT2D eigenvalue weighted by molar-refractivity contribution is 0.591. The van der Waals surface area contributed by atoms with Crippen molar-refractivity contribution in [3.05, 3.63) is 277 Å². The topological polar surface area (TPSA) is 34.1 Å². The second-order valence-electron chi connectivity index (χ2n) is 17.0. The van der Waals surface area contributed by atoms with Gasteiger partial charge in [-0.1, -0.05) is 243 Å². The summed E-state index contributed by atoms with van der Waals surface area (Å²) in [6.07, 6.45) is 0. The van der Waals surface area contributed by atoms with Crippen LogP contribution in [-0.2, 0) is 14.5 Å². The molecule has 0 atom stereocenters. The Bertz CT molecular complexity index is 3190. The second kappa shape index (κ2) is 15.4. The fourth-order valence-corrected chi connectivity index (χ4v) is 16.0. The highest BCUT2D eigenvalue weighted by atomic mass is 31.2. The second-order valence-corrected chi connectivity index (χ2v) is 22.6. The average molecular weight is 869 g/mol. The predicted octanol–water partition coefficient (Wildman–Crippen LogP) is 12.6. The van der Waals surface area contributed by atoms with Crippen LogP contribution in [0.2, 0.25) is 0 Å². The Morgan fingerprint density at radius 2 is 0.492 bits per heavy atom. The molecule has 10 aromatic carbocycles. The predicted molar refractivity (Wildman–Crippen MR) is 272 cm³/mol. The summed E-state index contributed by atoms with van der Waals surface area (Å²) in [6.45, 7) is 0. The third-order valence-electron chi connectivity index (χ3n) is 13.7. The lowest BCUT2D eigenvalue weighted by atomic mass is 9.70. The van der Waals surface area contributed by atoms with E-state index in [9.17, 15) is 0 Å². The van der Waals surface area contributed by atoms with Crippen LogP contribution in [0, 0.1) is 0 Å². The van der Waals surface area contributed by atoms with Gasteiger partial charge in [-0.25, -0.2) is 0 Å². The summed E-state index contributed by atoms with van der Waals surface area (Å²) in [6, 6.07) is 87.9. The molecule has 0 N–H and O–H groups in total. The third kappa shape index (κ3) is 5.95. The van der Waals surface area contributed by atoms with Crippen LogP contribution < -0.4 is 31.8 Å². The van der Waals surface area contributed by atoms with Crippen LogP contribution in [0.4, 0.5) is 0 Å². The van der Waals surface area contributed by atoms with Crippen molar-refractivity contribution in [3.63, 3.8) is 0 Å². The summed E-state index contributed by atoms with van der Waals surface area (Å²) < 4.78 is 30.5. The van der Waals surface area contributed by atoms with Gasteiger partial charge < -0.3 is 9.13 Å². The molecule has 1 spiro atoms. The van der Waals surface area contributed by atoms with Gasteiger partial charge in [0.2, 0.25) is 0 Å². The molecule has 0 saturated heterocycles. The van der Waals surface area contributed by atoms with Crippen LogP contribution >= 0.6 is 14.3 Å². The van der Waals surface area contributed by atoms with E-state index >= 15 is 9.13 Å². The van der Waals surface area contributed by atoms with Gasteiger partial charge >= 0.3 is 0 Å². The summed E-state index contributed by atoms with van der Waals surface area (Å²) in [4.78, 5) is 0. The van der Waals surface area contributed by atoms with Crippen LogP contribution in [0.15, 0.2) is 255 Å². The lowest BCUT2D eigenvalue weighted by Gasteiger charge is -2.31. The number of hydrogen-bond donors (Lipinski definition) is 0. The summed E-state index contributed by atoms with van der Waals surface area (Å²) in [5.41, 5.74) is 13.8. The summed E-state index contributed by atoms with van der Waals surface area (Å²) >= 11 is 0. The number of fused-ring (bicyclic) bond motifs is 10. The van der Waals surface area contributed by atoms with Crippen LogP contribution in [-0.4, -0.2) is 0 Å². The maximum atomic E-state index is 15.2. The van der Waals surface area contributed by atoms with E-state index in [1.165, 1.54) is 44.5 Å². The molecular weight excluding hydrogens is 827 g/mol. The van der Waals surface area contributed by atoms with Crippen molar-refractivity contribution < 1.29 is 9.13 Å². The molecule has 0 unspecified atom stereocenters. The molecule has 0 heterocycles. The van der Waals surface area contributed by atoms with Gasteiger partial charge in [0.25, 0.3) is 0 Å². The molecule has 65 heavy (non-hydrogen) atoms. The number of benzene rings is 10. The first-order chi connectivity index (χ1) is 32.0. The van der Waals surface area contributed by atoms with Crippen molar-refractivity contribution >= 4 is 46.1 Å². The van der Waals surface area contributed by atoms with Crippen LogP contribution in [0.1, 0.15) is 22.3 Å². The van der Waals surface area contributed by atoms with E-state index in [4.69, 9.17) is 0 Å². The highest BCUT2D eigenvalue weighted by Gasteiger charge is 2.51. The fourth-order valence-electron chi connectivity index (χ4n) is 10.7. The fraction of sp³-hybridized carbons (Fsp3) is 0.0164. The first-order valence-electron chi connectivity index (χ1n) is 22.1. The minimum atomic E-state index is -3.12. The van der Waals surface area contributed by atoms with E-state index in [0.29, 0.717) is 0 Å². The molecule has 4 heteroatoms. The maximum absolute atomic E-state index is 15.2. The Morgan fingerprint density at radius 1 is 0.231 bits per heavy atom. The van der Waals surface area contributed by atoms with Gasteiger partial charge in [0.1, 0.15) is 0 Å². The van der Waals surface area contributed by atoms with Crippen molar-refractivity contribution in [2.75, 3.05) is 0 Å². The van der Waals surface area contributed by atoms with Crippen LogP contribution in [0.25, 0.3) is 44.5 Å². The lowest BCUT2D eigenvalue weighted by Crippen LogP contribution is -2.26. The molecule has 0 bridgehead atoms. The van der Waals surface area contributed by atoms with Gasteiger partial charge in [-0.15, -0.1) is 0 Å². The molecule has 2 aliphatic carbocycles. The van der Waals surface area contributed by atoms with Gasteiger partial charge in [-0.2, -0.15) is 0 Å². The average Bonchev–Trinajstić information content (AvgIpc) is 3.86. The van der Waals surface area contributed by atoms with E-state index < -0.39 is 19.7 Å². The first-order valence-corrected chi connectivity index (χ1v) is 25.5. The zero-order valence-electron chi connectivity index (χ0n) is 35.5. The normalized spacial score (nSPS) is 13.2. The third-order valence-corrected chi connectivity index (χ3v) is 19.8. The SMILES string of the molecule is O=P(c1ccccc1)(c1ccccc1)c1ccc(-c2ccc3c(c2)C2(c4ccccc4-c4ccccc42)c2cc(-c4ccc(P(=O)(c5ccccc5)c5ccccc5)cc4)ccc2-3)cc1. The molecule has 10 aromatic rings. The molecule has 12 rings (SSSR count). The molecule has 2 nitrogen and oxygen atoms in total. The van der Waals surface area contributed by atoms with Gasteiger partial charge in [-0.05, 0) is 78.9 Å². The van der Waals surface area contributed by atoms with Crippen molar-refractivity contribution in [1.82, 2.24) is 0 Å². The first kappa shape index (κ1) is 39.3. The van der Waals surface area contributed by atoms with E-state index in [2.05, 4.69) is 133 Å². The van der Waals surface area contributed by atoms with Crippen molar-refractivity contribution in [2.24, 2.45) is 0 Å². The quantitative estimate of drug-likeness (QED) is 0.143. The van der Waals surface area contributed by atoms with Gasteiger partial charge in [-0.3, -0.25) is 0 Å². The molecular formula is C61H42O2P2. The summed E-state index contributed by atoms with van der Waals surface area (Å²) in [5, 5.41) is 4.92. The Balaban J connectivity index is 0.990. The molecule has 0 fully saturated rings. The minimum absolute atomic E-state index is 0.559. The van der Waals surface area contributed by atoms with E-state index in [0.717, 1.165) is 54.1 Å². The molecule has 0 aromatic heterocycles. The maximum Gasteiger partial charge on any atom is 0.171 e. The largest absolute Gasteiger partial charge is 0.309 e. The summed E-state index contributed by atoms with van der Waals surface area (Å²) in [5.74, 6) is 0. The number of hydrogen-bond acceptors (Lipinski definition) is 2. The standard InChI is InChI=1S/C61H42O2P2/c62-64(47-17-5-1-6-18-47,48-19-7-2-8-20-48)51-35-29-43(30-36-51)45-33-39-55-56-40-34-46(42-60(56)61(59(55)41-45)57-27-15-13-25-53(57)54-26-14-16-28-58(54)61)44-31-37-52(38-32-44)65(63,49-21-9-3-10-22-49)50-23-11-4-12-24-50/h1-42H. The Hall–Kier alpha value is -7.34. The van der Waals surface area contributed by atoms with Crippen molar-refractivity contribution in [1.29, 1.82) is 0 Å². The molecule has 0 saturated carbocycles. The molecule has 308 valence electrons. The highest BCUT2D eigenvalue weighted by Crippen LogP contribution is 2.63. The van der Waals surface area contributed by atoms with Crippen molar-refractivity contribution in [2.45, 2.75) is 5.41 Å². The highest BCUT2D eigenvalue weighted by molar-refractivity contribution is 7.85. The molecule has 0 radical (unpaired) electrons. The Labute approximate surface area is 380 Å². The van der Waals surface area contributed by atoms with E-state index in [-0.39, 0.29) is 0 Å². The van der Waals surface area contributed by atoms with Crippen molar-refractivity contribution in [3.8, 4) is 44.5 Å². The molecule has 2 aliphatic rings. The van der Waals surface area contributed by atoms with Crippen LogP contribution in [0.5, 0.6) is 0 Å². The number of rotatable bonds is 8. The Morgan fingerprint density at radius 3 is 0.831 bits per heavy atom. The Kier molecular flexibility index (Phi) is 9.32.